The zero-order valence-corrected chi connectivity index (χ0v) is 13.3. The number of hydrogen-bond donors (Lipinski definition) is 1. The number of thiazole rings is 1. The maximum Gasteiger partial charge on any atom is 0.165 e. The lowest BCUT2D eigenvalue weighted by molar-refractivity contribution is 0.305. The van der Waals surface area contributed by atoms with E-state index in [0.29, 0.717) is 18.8 Å². The lowest BCUT2D eigenvalue weighted by Crippen LogP contribution is -2.13. The van der Waals surface area contributed by atoms with Gasteiger partial charge in [-0.15, -0.1) is 11.3 Å². The molecule has 0 spiro atoms. The molecule has 2 aromatic rings. The molecule has 0 saturated heterocycles. The van der Waals surface area contributed by atoms with Crippen LogP contribution >= 0.6 is 11.3 Å². The molecule has 0 bridgehead atoms. The number of benzene rings is 1. The van der Waals surface area contributed by atoms with Crippen molar-refractivity contribution in [1.29, 1.82) is 0 Å². The van der Waals surface area contributed by atoms with E-state index in [9.17, 15) is 4.39 Å². The smallest absolute Gasteiger partial charge is 0.165 e. The number of hydrogen-bond acceptors (Lipinski definition) is 4. The number of aromatic nitrogens is 1. The first-order valence-electron chi connectivity index (χ1n) is 7.24. The second-order valence-corrected chi connectivity index (χ2v) is 5.99. The lowest BCUT2D eigenvalue weighted by atomic mass is 10.3. The molecule has 21 heavy (non-hydrogen) atoms. The predicted molar refractivity (Wildman–Crippen MR) is 84.4 cm³/mol. The Kier molecular flexibility index (Phi) is 6.14. The van der Waals surface area contributed by atoms with Crippen LogP contribution in [-0.2, 0) is 13.0 Å². The number of halogens is 1. The summed E-state index contributed by atoms with van der Waals surface area (Å²) >= 11 is 1.70. The Morgan fingerprint density at radius 2 is 2.14 bits per heavy atom. The topological polar surface area (TPSA) is 34.1 Å². The Hall–Kier alpha value is -1.46. The van der Waals surface area contributed by atoms with Gasteiger partial charge in [0.25, 0.3) is 0 Å². The summed E-state index contributed by atoms with van der Waals surface area (Å²) in [6.45, 7) is 6.50. The molecule has 0 aliphatic heterocycles. The minimum atomic E-state index is -0.322. The fourth-order valence-electron chi connectivity index (χ4n) is 1.95. The van der Waals surface area contributed by atoms with E-state index in [-0.39, 0.29) is 5.82 Å². The molecule has 3 nitrogen and oxygen atoms in total. The van der Waals surface area contributed by atoms with Crippen molar-refractivity contribution in [3.05, 3.63) is 45.7 Å². The van der Waals surface area contributed by atoms with Crippen LogP contribution in [0.4, 0.5) is 4.39 Å². The molecule has 1 heterocycles. The van der Waals surface area contributed by atoms with E-state index < -0.39 is 0 Å². The normalized spacial score (nSPS) is 10.8. The number of rotatable bonds is 8. The molecule has 0 radical (unpaired) electrons. The highest BCUT2D eigenvalue weighted by Crippen LogP contribution is 2.20. The van der Waals surface area contributed by atoms with Crippen molar-refractivity contribution in [2.24, 2.45) is 0 Å². The summed E-state index contributed by atoms with van der Waals surface area (Å²) in [4.78, 5) is 5.82. The molecule has 0 amide bonds. The maximum absolute atomic E-state index is 13.4. The molecule has 0 unspecified atom stereocenters. The van der Waals surface area contributed by atoms with Gasteiger partial charge >= 0.3 is 0 Å². The first-order valence-corrected chi connectivity index (χ1v) is 8.05. The van der Waals surface area contributed by atoms with E-state index >= 15 is 0 Å². The lowest BCUT2D eigenvalue weighted by Gasteiger charge is -2.05. The van der Waals surface area contributed by atoms with Crippen LogP contribution in [0.2, 0.25) is 0 Å². The van der Waals surface area contributed by atoms with Crippen molar-refractivity contribution in [1.82, 2.24) is 10.3 Å². The minimum absolute atomic E-state index is 0.301. The van der Waals surface area contributed by atoms with Crippen LogP contribution in [-0.4, -0.2) is 18.1 Å². The van der Waals surface area contributed by atoms with Crippen molar-refractivity contribution >= 4 is 11.3 Å². The number of nitrogens with one attached hydrogen (secondary N) is 1. The number of aryl methyl sites for hydroxylation is 1. The third-order valence-electron chi connectivity index (χ3n) is 3.06. The van der Waals surface area contributed by atoms with Crippen molar-refractivity contribution in [3.8, 4) is 5.75 Å². The Morgan fingerprint density at radius 3 is 2.90 bits per heavy atom. The van der Waals surface area contributed by atoms with Gasteiger partial charge in [-0.2, -0.15) is 0 Å². The summed E-state index contributed by atoms with van der Waals surface area (Å²) in [6.07, 6.45) is 1.83. The first-order chi connectivity index (χ1) is 10.2. The molecular formula is C16H21FN2OS. The summed E-state index contributed by atoms with van der Waals surface area (Å²) < 4.78 is 18.9. The molecule has 1 N–H and O–H groups in total. The largest absolute Gasteiger partial charge is 0.490 e. The van der Waals surface area contributed by atoms with Gasteiger partial charge in [0, 0.05) is 17.8 Å². The van der Waals surface area contributed by atoms with Gasteiger partial charge in [-0.1, -0.05) is 19.1 Å². The van der Waals surface area contributed by atoms with Gasteiger partial charge in [0.1, 0.15) is 0 Å². The van der Waals surface area contributed by atoms with E-state index in [4.69, 9.17) is 4.74 Å². The highest BCUT2D eigenvalue weighted by molar-refractivity contribution is 7.11. The van der Waals surface area contributed by atoms with Crippen LogP contribution in [0.5, 0.6) is 5.75 Å². The maximum atomic E-state index is 13.4. The van der Waals surface area contributed by atoms with Crippen molar-refractivity contribution in [2.45, 2.75) is 33.2 Å². The molecule has 5 heteroatoms. The van der Waals surface area contributed by atoms with E-state index in [1.807, 2.05) is 6.92 Å². The van der Waals surface area contributed by atoms with Crippen LogP contribution in [0.15, 0.2) is 24.3 Å². The molecule has 1 aromatic heterocycles. The second-order valence-electron chi connectivity index (χ2n) is 4.82. The molecule has 2 rings (SSSR count). The minimum Gasteiger partial charge on any atom is -0.490 e. The standard InChI is InChI=1S/C16H21FN2OS/c1-3-9-18-11-15-12(2)19-16(21-15)8-10-20-14-7-5-4-6-13(14)17/h4-7,18H,3,8-11H2,1-2H3. The summed E-state index contributed by atoms with van der Waals surface area (Å²) in [7, 11) is 0. The molecular weight excluding hydrogens is 287 g/mol. The Balaban J connectivity index is 1.83. The highest BCUT2D eigenvalue weighted by atomic mass is 32.1. The van der Waals surface area contributed by atoms with Crippen LogP contribution in [0.3, 0.4) is 0 Å². The van der Waals surface area contributed by atoms with Crippen molar-refractivity contribution in [2.75, 3.05) is 13.2 Å². The van der Waals surface area contributed by atoms with Crippen LogP contribution in [0.1, 0.15) is 28.9 Å². The summed E-state index contributed by atoms with van der Waals surface area (Å²) in [5.74, 6) is -0.0205. The van der Waals surface area contributed by atoms with Crippen LogP contribution in [0, 0.1) is 12.7 Å². The van der Waals surface area contributed by atoms with Gasteiger partial charge < -0.3 is 10.1 Å². The fraction of sp³-hybridized carbons (Fsp3) is 0.438. The molecule has 0 saturated carbocycles. The van der Waals surface area contributed by atoms with Gasteiger partial charge in [0.2, 0.25) is 0 Å². The average molecular weight is 308 g/mol. The Bertz CT molecular complexity index is 571. The van der Waals surface area contributed by atoms with Crippen molar-refractivity contribution < 1.29 is 9.13 Å². The van der Waals surface area contributed by atoms with Crippen LogP contribution in [0.25, 0.3) is 0 Å². The quantitative estimate of drug-likeness (QED) is 0.755. The van der Waals surface area contributed by atoms with E-state index in [0.717, 1.165) is 30.2 Å². The van der Waals surface area contributed by atoms with Gasteiger partial charge in [-0.3, -0.25) is 0 Å². The monoisotopic (exact) mass is 308 g/mol. The molecule has 0 aliphatic carbocycles. The first kappa shape index (κ1) is 15.9. The number of ether oxygens (including phenoxy) is 1. The van der Waals surface area contributed by atoms with Crippen molar-refractivity contribution in [3.63, 3.8) is 0 Å². The van der Waals surface area contributed by atoms with Gasteiger partial charge in [-0.05, 0) is 32.0 Å². The third-order valence-corrected chi connectivity index (χ3v) is 4.28. The highest BCUT2D eigenvalue weighted by Gasteiger charge is 2.08. The molecule has 0 aliphatic rings. The molecule has 0 fully saturated rings. The zero-order valence-electron chi connectivity index (χ0n) is 12.5. The van der Waals surface area contributed by atoms with E-state index in [1.54, 1.807) is 29.5 Å². The number of para-hydroxylation sites is 1. The van der Waals surface area contributed by atoms with E-state index in [2.05, 4.69) is 17.2 Å². The fourth-order valence-corrected chi connectivity index (χ4v) is 2.97. The SMILES string of the molecule is CCCNCc1sc(CCOc2ccccc2F)nc1C. The number of nitrogens with zero attached hydrogens (tertiary/aromatic N) is 1. The average Bonchev–Trinajstić information content (AvgIpc) is 2.82. The molecule has 1 aromatic carbocycles. The molecule has 0 atom stereocenters. The van der Waals surface area contributed by atoms with Gasteiger partial charge in [-0.25, -0.2) is 9.37 Å². The Labute approximate surface area is 129 Å². The third kappa shape index (κ3) is 4.79. The Morgan fingerprint density at radius 1 is 1.33 bits per heavy atom. The van der Waals surface area contributed by atoms with E-state index in [1.165, 1.54) is 10.9 Å². The summed E-state index contributed by atoms with van der Waals surface area (Å²) in [6, 6.07) is 6.47. The summed E-state index contributed by atoms with van der Waals surface area (Å²) in [5.41, 5.74) is 1.07. The second kappa shape index (κ2) is 8.10. The zero-order chi connectivity index (χ0) is 15.1. The summed E-state index contributed by atoms with van der Waals surface area (Å²) in [5, 5.41) is 4.42. The van der Waals surface area contributed by atoms with Crippen LogP contribution < -0.4 is 10.1 Å². The predicted octanol–water partition coefficient (Wildman–Crippen LogP) is 3.71. The molecule has 114 valence electrons. The van der Waals surface area contributed by atoms with Gasteiger partial charge in [0.15, 0.2) is 11.6 Å². The van der Waals surface area contributed by atoms with Gasteiger partial charge in [0.05, 0.1) is 17.3 Å².